The molecule has 13 nitrogen and oxygen atoms in total. The van der Waals surface area contributed by atoms with Gasteiger partial charge in [-0.05, 0) is 23.3 Å². The van der Waals surface area contributed by atoms with Crippen LogP contribution < -0.4 is 21.0 Å². The zero-order valence-electron chi connectivity index (χ0n) is 15.2. The number of amides is 1. The quantitative estimate of drug-likeness (QED) is 0.164. The molecule has 1 atom stereocenters. The van der Waals surface area contributed by atoms with Crippen molar-refractivity contribution >= 4 is 25.0 Å². The molecule has 2 aromatic rings. The van der Waals surface area contributed by atoms with Gasteiger partial charge in [-0.2, -0.15) is 4.80 Å². The topological polar surface area (TPSA) is 201 Å². The average Bonchev–Trinajstić information content (AvgIpc) is 3.08. The smallest absolute Gasteiger partial charge is 0.534 e. The Kier molecular flexibility index (Phi) is 5.92. The summed E-state index contributed by atoms with van der Waals surface area (Å²) in [5.41, 5.74) is 5.70. The second-order valence-electron chi connectivity index (χ2n) is 6.30. The summed E-state index contributed by atoms with van der Waals surface area (Å²) < 4.78 is 5.33. The van der Waals surface area contributed by atoms with Crippen LogP contribution in [0.4, 0.5) is 0 Å². The summed E-state index contributed by atoms with van der Waals surface area (Å²) in [5.74, 6) is -2.25. The Hall–Kier alpha value is -3.68. The van der Waals surface area contributed by atoms with Gasteiger partial charge in [-0.15, -0.1) is 10.2 Å². The largest absolute Gasteiger partial charge is 0.547 e. The average molecular weight is 402 g/mol. The number of nitrogens with two attached hydrogens (primary N) is 1. The van der Waals surface area contributed by atoms with Crippen molar-refractivity contribution in [2.45, 2.75) is 25.3 Å². The molecule has 7 N–H and O–H groups in total. The van der Waals surface area contributed by atoms with Gasteiger partial charge in [-0.1, -0.05) is 12.1 Å². The van der Waals surface area contributed by atoms with E-state index in [-0.39, 0.29) is 35.9 Å². The maximum atomic E-state index is 12.3. The van der Waals surface area contributed by atoms with Crippen LogP contribution in [-0.4, -0.2) is 67.8 Å². The van der Waals surface area contributed by atoms with Gasteiger partial charge in [0.05, 0.1) is 24.5 Å². The van der Waals surface area contributed by atoms with E-state index in [0.29, 0.717) is 18.7 Å². The molecule has 0 fully saturated rings. The number of carboxylic acids is 1. The van der Waals surface area contributed by atoms with Crippen LogP contribution in [-0.2, 0) is 24.2 Å². The fraction of sp³-hybridized carbons (Fsp3) is 0.333. The summed E-state index contributed by atoms with van der Waals surface area (Å²) in [5, 5.41) is 43.3. The number of para-hydroxylation sites is 1. The van der Waals surface area contributed by atoms with Gasteiger partial charge in [0, 0.05) is 6.54 Å². The highest BCUT2D eigenvalue weighted by Crippen LogP contribution is 2.30. The second-order valence-corrected chi connectivity index (χ2v) is 6.30. The SMILES string of the molecule is N=C(N)NCCn1nnc(CC(=O)NC2Cc3cccc(C(=O)O)c3OB2O)n1. The zero-order valence-corrected chi connectivity index (χ0v) is 15.2. The van der Waals surface area contributed by atoms with E-state index in [1.165, 1.54) is 10.9 Å². The fourth-order valence-corrected chi connectivity index (χ4v) is 2.85. The molecular weight excluding hydrogens is 383 g/mol. The molecule has 2 heterocycles. The number of carbonyl (C=O) groups is 2. The molecule has 1 aliphatic heterocycles. The highest BCUT2D eigenvalue weighted by molar-refractivity contribution is 6.47. The Labute approximate surface area is 164 Å². The molecule has 0 aliphatic carbocycles. The molecule has 1 aromatic carbocycles. The lowest BCUT2D eigenvalue weighted by molar-refractivity contribution is -0.121. The molecule has 0 saturated carbocycles. The molecule has 152 valence electrons. The predicted octanol–water partition coefficient (Wildman–Crippen LogP) is -2.46. The minimum Gasteiger partial charge on any atom is -0.534 e. The second kappa shape index (κ2) is 8.56. The maximum absolute atomic E-state index is 12.3. The highest BCUT2D eigenvalue weighted by Gasteiger charge is 2.37. The first kappa shape index (κ1) is 20.1. The predicted molar refractivity (Wildman–Crippen MR) is 99.1 cm³/mol. The Balaban J connectivity index is 1.57. The van der Waals surface area contributed by atoms with E-state index in [0.717, 1.165) is 0 Å². The molecule has 1 aromatic heterocycles. The molecule has 0 saturated heterocycles. The first-order valence-corrected chi connectivity index (χ1v) is 8.67. The minimum atomic E-state index is -1.40. The third-order valence-electron chi connectivity index (χ3n) is 4.14. The lowest BCUT2D eigenvalue weighted by Gasteiger charge is -2.28. The molecule has 0 radical (unpaired) electrons. The standard InChI is InChI=1S/C15H19BN8O5/c17-15(18)19-4-5-24-22-11(21-23-24)7-12(25)20-10-6-8-2-1-3-9(14(26)27)13(8)29-16(10)28/h1-3,10,28H,4-7H2,(H,20,25)(H,26,27)(H4,17,18,19). The molecule has 3 rings (SSSR count). The number of nitrogens with one attached hydrogen (secondary N) is 3. The van der Waals surface area contributed by atoms with E-state index in [1.54, 1.807) is 12.1 Å². The summed E-state index contributed by atoms with van der Waals surface area (Å²) >= 11 is 0. The summed E-state index contributed by atoms with van der Waals surface area (Å²) in [4.78, 5) is 24.8. The molecule has 29 heavy (non-hydrogen) atoms. The van der Waals surface area contributed by atoms with Gasteiger partial charge in [0.25, 0.3) is 0 Å². The summed E-state index contributed by atoms with van der Waals surface area (Å²) in [6.45, 7) is 0.646. The van der Waals surface area contributed by atoms with Crippen molar-refractivity contribution in [3.8, 4) is 5.75 Å². The zero-order chi connectivity index (χ0) is 21.0. The third kappa shape index (κ3) is 4.98. The van der Waals surface area contributed by atoms with Crippen LogP contribution in [0.1, 0.15) is 21.7 Å². The number of guanidine groups is 1. The van der Waals surface area contributed by atoms with Crippen LogP contribution in [0.3, 0.4) is 0 Å². The van der Waals surface area contributed by atoms with Crippen molar-refractivity contribution in [2.24, 2.45) is 5.73 Å². The van der Waals surface area contributed by atoms with E-state index in [4.69, 9.17) is 15.8 Å². The molecule has 0 bridgehead atoms. The molecular formula is C15H19BN8O5. The van der Waals surface area contributed by atoms with Crippen molar-refractivity contribution in [3.05, 3.63) is 35.2 Å². The fourth-order valence-electron chi connectivity index (χ4n) is 2.85. The molecule has 0 spiro atoms. The monoisotopic (exact) mass is 402 g/mol. The van der Waals surface area contributed by atoms with Gasteiger partial charge in [0.1, 0.15) is 5.75 Å². The van der Waals surface area contributed by atoms with E-state index in [9.17, 15) is 19.7 Å². The lowest BCUT2D eigenvalue weighted by atomic mass is 9.72. The molecule has 1 unspecified atom stereocenters. The summed E-state index contributed by atoms with van der Waals surface area (Å²) in [7, 11) is -1.40. The number of carboxylic acid groups (broad SMARTS) is 1. The Morgan fingerprint density at radius 1 is 1.45 bits per heavy atom. The summed E-state index contributed by atoms with van der Waals surface area (Å²) in [6, 6.07) is 4.63. The molecule has 1 aliphatic rings. The van der Waals surface area contributed by atoms with Crippen LogP contribution in [0.25, 0.3) is 0 Å². The number of tetrazole rings is 1. The number of aromatic nitrogens is 4. The molecule has 1 amide bonds. The van der Waals surface area contributed by atoms with Crippen molar-refractivity contribution < 1.29 is 24.4 Å². The van der Waals surface area contributed by atoms with Crippen molar-refractivity contribution in [1.82, 2.24) is 30.8 Å². The number of nitrogens with zero attached hydrogens (tertiary/aromatic N) is 4. The third-order valence-corrected chi connectivity index (χ3v) is 4.14. The highest BCUT2D eigenvalue weighted by atomic mass is 16.5. The normalized spacial score (nSPS) is 15.2. The van der Waals surface area contributed by atoms with E-state index < -0.39 is 24.9 Å². The van der Waals surface area contributed by atoms with Crippen LogP contribution in [0.5, 0.6) is 5.75 Å². The van der Waals surface area contributed by atoms with E-state index >= 15 is 0 Å². The number of hydrogen-bond acceptors (Lipinski definition) is 8. The Bertz CT molecular complexity index is 935. The van der Waals surface area contributed by atoms with Crippen molar-refractivity contribution in [1.29, 1.82) is 5.41 Å². The number of carbonyl (C=O) groups excluding carboxylic acids is 1. The van der Waals surface area contributed by atoms with Crippen LogP contribution in [0, 0.1) is 5.41 Å². The minimum absolute atomic E-state index is 0.0496. The number of fused-ring (bicyclic) bond motifs is 1. The van der Waals surface area contributed by atoms with Crippen molar-refractivity contribution in [3.63, 3.8) is 0 Å². The van der Waals surface area contributed by atoms with Crippen LogP contribution in [0.2, 0.25) is 0 Å². The van der Waals surface area contributed by atoms with Gasteiger partial charge < -0.3 is 31.2 Å². The Morgan fingerprint density at radius 3 is 2.97 bits per heavy atom. The van der Waals surface area contributed by atoms with E-state index in [2.05, 4.69) is 26.0 Å². The van der Waals surface area contributed by atoms with Gasteiger partial charge in [0.2, 0.25) is 5.91 Å². The first-order valence-electron chi connectivity index (χ1n) is 8.67. The number of aromatic carboxylic acids is 1. The Morgan fingerprint density at radius 2 is 2.24 bits per heavy atom. The maximum Gasteiger partial charge on any atom is 0.547 e. The number of rotatable bonds is 7. The van der Waals surface area contributed by atoms with Gasteiger partial charge in [0.15, 0.2) is 11.8 Å². The van der Waals surface area contributed by atoms with Crippen LogP contribution >= 0.6 is 0 Å². The van der Waals surface area contributed by atoms with Crippen molar-refractivity contribution in [2.75, 3.05) is 6.54 Å². The van der Waals surface area contributed by atoms with Gasteiger partial charge in [-0.25, -0.2) is 4.79 Å². The van der Waals surface area contributed by atoms with Gasteiger partial charge >= 0.3 is 13.1 Å². The van der Waals surface area contributed by atoms with E-state index in [1.807, 2.05) is 0 Å². The van der Waals surface area contributed by atoms with Crippen LogP contribution in [0.15, 0.2) is 18.2 Å². The number of benzene rings is 1. The summed E-state index contributed by atoms with van der Waals surface area (Å²) in [6.07, 6.45) is 0.0472. The first-order chi connectivity index (χ1) is 13.8. The molecule has 14 heteroatoms. The van der Waals surface area contributed by atoms with Gasteiger partial charge in [-0.3, -0.25) is 10.2 Å². The number of hydrogen-bond donors (Lipinski definition) is 6. The lowest BCUT2D eigenvalue weighted by Crippen LogP contribution is -2.53.